The van der Waals surface area contributed by atoms with E-state index in [4.69, 9.17) is 0 Å². The van der Waals surface area contributed by atoms with E-state index in [1.165, 1.54) is 36.5 Å². The van der Waals surface area contributed by atoms with Crippen LogP contribution < -0.4 is 16.2 Å². The molecular formula is C21H34N2O3. The van der Waals surface area contributed by atoms with Gasteiger partial charge in [0.2, 0.25) is 5.91 Å². The first kappa shape index (κ1) is 22.2. The minimum Gasteiger partial charge on any atom is -0.548 e. The summed E-state index contributed by atoms with van der Waals surface area (Å²) in [5.41, 5.74) is 8.89. The SMILES string of the molecule is CC(=O)N[C@@H](CC(C)C)C(=O)[O-].CC(C)(C)c1ccc2c(c1)CC[C@@H]2[NH3+]. The number of rotatable bonds is 4. The van der Waals surface area contributed by atoms with E-state index < -0.39 is 12.0 Å². The Bertz CT molecular complexity index is 633. The molecular weight excluding hydrogens is 328 g/mol. The van der Waals surface area contributed by atoms with Crippen molar-refractivity contribution in [2.24, 2.45) is 5.92 Å². The van der Waals surface area contributed by atoms with Gasteiger partial charge in [0.15, 0.2) is 0 Å². The van der Waals surface area contributed by atoms with Gasteiger partial charge in [0.25, 0.3) is 0 Å². The fraction of sp³-hybridized carbons (Fsp3) is 0.619. The van der Waals surface area contributed by atoms with E-state index in [0.29, 0.717) is 12.5 Å². The average Bonchev–Trinajstić information content (AvgIpc) is 2.86. The third-order valence-corrected chi connectivity index (χ3v) is 4.58. The maximum Gasteiger partial charge on any atom is 0.217 e. The summed E-state index contributed by atoms with van der Waals surface area (Å²) in [5, 5.41) is 12.8. The number of carbonyl (C=O) groups excluding carboxylic acids is 2. The molecule has 5 heteroatoms. The zero-order chi connectivity index (χ0) is 20.1. The van der Waals surface area contributed by atoms with Gasteiger partial charge in [-0.05, 0) is 35.3 Å². The fourth-order valence-electron chi connectivity index (χ4n) is 3.10. The number of benzene rings is 1. The molecule has 0 radical (unpaired) electrons. The number of carboxylic acids is 1. The molecule has 0 aliphatic heterocycles. The van der Waals surface area contributed by atoms with Crippen LogP contribution >= 0.6 is 0 Å². The number of carbonyl (C=O) groups is 2. The minimum absolute atomic E-state index is 0.222. The predicted octanol–water partition coefficient (Wildman–Crippen LogP) is 1.50. The van der Waals surface area contributed by atoms with Crippen molar-refractivity contribution >= 4 is 11.9 Å². The smallest absolute Gasteiger partial charge is 0.217 e. The molecule has 26 heavy (non-hydrogen) atoms. The number of aryl methyl sites for hydroxylation is 1. The first-order valence-corrected chi connectivity index (χ1v) is 9.36. The second kappa shape index (κ2) is 9.17. The molecule has 0 unspecified atom stereocenters. The largest absolute Gasteiger partial charge is 0.548 e. The Morgan fingerprint density at radius 2 is 1.92 bits per heavy atom. The van der Waals surface area contributed by atoms with Crippen LogP contribution in [0.5, 0.6) is 0 Å². The van der Waals surface area contributed by atoms with Gasteiger partial charge in [-0.1, -0.05) is 52.8 Å². The van der Waals surface area contributed by atoms with E-state index in [1.807, 2.05) is 13.8 Å². The van der Waals surface area contributed by atoms with Crippen molar-refractivity contribution in [3.63, 3.8) is 0 Å². The van der Waals surface area contributed by atoms with Crippen molar-refractivity contribution in [3.8, 4) is 0 Å². The van der Waals surface area contributed by atoms with Crippen LogP contribution in [0.4, 0.5) is 0 Å². The van der Waals surface area contributed by atoms with Crippen LogP contribution in [0.1, 0.15) is 77.1 Å². The van der Waals surface area contributed by atoms with Crippen molar-refractivity contribution in [1.82, 2.24) is 5.32 Å². The number of carboxylic acid groups (broad SMARTS) is 1. The molecule has 2 atom stereocenters. The molecule has 0 bridgehead atoms. The molecule has 0 aromatic heterocycles. The van der Waals surface area contributed by atoms with Gasteiger partial charge in [-0.15, -0.1) is 0 Å². The van der Waals surface area contributed by atoms with E-state index in [9.17, 15) is 14.7 Å². The number of quaternary nitrogens is 1. The summed E-state index contributed by atoms with van der Waals surface area (Å²) in [5.74, 6) is -1.34. The number of hydrogen-bond acceptors (Lipinski definition) is 3. The Kier molecular flexibility index (Phi) is 7.82. The number of fused-ring (bicyclic) bond motifs is 1. The van der Waals surface area contributed by atoms with Crippen LogP contribution in [0.15, 0.2) is 18.2 Å². The quantitative estimate of drug-likeness (QED) is 0.849. The summed E-state index contributed by atoms with van der Waals surface area (Å²) in [6.45, 7) is 11.9. The lowest BCUT2D eigenvalue weighted by molar-refractivity contribution is -0.425. The monoisotopic (exact) mass is 362 g/mol. The van der Waals surface area contributed by atoms with Crippen LogP contribution in [0.2, 0.25) is 0 Å². The molecule has 0 spiro atoms. The maximum atomic E-state index is 10.5. The Morgan fingerprint density at radius 1 is 1.31 bits per heavy atom. The molecule has 0 saturated heterocycles. The Hall–Kier alpha value is -1.88. The van der Waals surface area contributed by atoms with Gasteiger partial charge in [0, 0.05) is 18.9 Å². The molecule has 1 aliphatic carbocycles. The van der Waals surface area contributed by atoms with Crippen molar-refractivity contribution in [1.29, 1.82) is 0 Å². The van der Waals surface area contributed by atoms with Gasteiger partial charge in [0.1, 0.15) is 6.04 Å². The first-order chi connectivity index (χ1) is 11.9. The molecule has 1 aromatic carbocycles. The average molecular weight is 363 g/mol. The standard InChI is InChI=1S/C13H19N.C8H15NO3/c1-13(2,3)10-5-6-11-9(8-10)4-7-12(11)14;1-5(2)4-7(8(11)12)9-6(3)10/h5-6,8,12H,4,7,14H2,1-3H3;5,7H,4H2,1-3H3,(H,9,10)(H,11,12)/t12-;7-/m00/s1. The zero-order valence-corrected chi connectivity index (χ0v) is 17.0. The first-order valence-electron chi connectivity index (χ1n) is 9.36. The second-order valence-electron chi connectivity index (χ2n) is 8.60. The molecule has 0 heterocycles. The van der Waals surface area contributed by atoms with E-state index in [2.05, 4.69) is 50.0 Å². The van der Waals surface area contributed by atoms with E-state index >= 15 is 0 Å². The van der Waals surface area contributed by atoms with Gasteiger partial charge in [-0.3, -0.25) is 4.79 Å². The topological polar surface area (TPSA) is 96.9 Å². The van der Waals surface area contributed by atoms with Crippen LogP contribution in [0.25, 0.3) is 0 Å². The minimum atomic E-state index is -1.22. The third-order valence-electron chi connectivity index (χ3n) is 4.58. The predicted molar refractivity (Wildman–Crippen MR) is 101 cm³/mol. The summed E-state index contributed by atoms with van der Waals surface area (Å²) < 4.78 is 0. The van der Waals surface area contributed by atoms with E-state index in [0.717, 1.165) is 0 Å². The number of aliphatic carboxylic acids is 1. The Balaban J connectivity index is 0.000000265. The van der Waals surface area contributed by atoms with Crippen LogP contribution in [0, 0.1) is 5.92 Å². The highest BCUT2D eigenvalue weighted by atomic mass is 16.4. The summed E-state index contributed by atoms with van der Waals surface area (Å²) >= 11 is 0. The Labute approximate surface area is 157 Å². The van der Waals surface area contributed by atoms with Crippen molar-refractivity contribution in [2.45, 2.75) is 78.3 Å². The van der Waals surface area contributed by atoms with Crippen molar-refractivity contribution in [3.05, 3.63) is 34.9 Å². The summed E-state index contributed by atoms with van der Waals surface area (Å²) in [4.78, 5) is 21.0. The lowest BCUT2D eigenvalue weighted by Gasteiger charge is -2.20. The van der Waals surface area contributed by atoms with E-state index in [1.54, 1.807) is 0 Å². The van der Waals surface area contributed by atoms with Crippen molar-refractivity contribution in [2.75, 3.05) is 0 Å². The maximum absolute atomic E-state index is 10.5. The van der Waals surface area contributed by atoms with Gasteiger partial charge >= 0.3 is 0 Å². The fourth-order valence-corrected chi connectivity index (χ4v) is 3.10. The molecule has 5 nitrogen and oxygen atoms in total. The number of nitrogens with one attached hydrogen (secondary N) is 1. The summed E-state index contributed by atoms with van der Waals surface area (Å²) in [6, 6.07) is 6.59. The Morgan fingerprint density at radius 3 is 2.38 bits per heavy atom. The summed E-state index contributed by atoms with van der Waals surface area (Å²) in [7, 11) is 0. The lowest BCUT2D eigenvalue weighted by atomic mass is 9.85. The second-order valence-corrected chi connectivity index (χ2v) is 8.60. The van der Waals surface area contributed by atoms with Crippen LogP contribution in [0.3, 0.4) is 0 Å². The molecule has 4 N–H and O–H groups in total. The van der Waals surface area contributed by atoms with Gasteiger partial charge < -0.3 is 21.0 Å². The normalized spacial score (nSPS) is 17.2. The zero-order valence-electron chi connectivity index (χ0n) is 17.0. The highest BCUT2D eigenvalue weighted by Gasteiger charge is 2.24. The summed E-state index contributed by atoms with van der Waals surface area (Å²) in [6.07, 6.45) is 2.85. The van der Waals surface area contributed by atoms with Gasteiger partial charge in [-0.2, -0.15) is 0 Å². The van der Waals surface area contributed by atoms with Crippen molar-refractivity contribution < 1.29 is 20.4 Å². The molecule has 1 aromatic rings. The number of amides is 1. The molecule has 1 aliphatic rings. The van der Waals surface area contributed by atoms with Gasteiger partial charge in [0.05, 0.1) is 12.0 Å². The van der Waals surface area contributed by atoms with E-state index in [-0.39, 0.29) is 17.2 Å². The number of hydrogen-bond donors (Lipinski definition) is 2. The van der Waals surface area contributed by atoms with Crippen LogP contribution in [-0.2, 0) is 21.4 Å². The molecule has 2 rings (SSSR count). The molecule has 1 amide bonds. The van der Waals surface area contributed by atoms with Gasteiger partial charge in [-0.25, -0.2) is 0 Å². The molecule has 0 fully saturated rings. The van der Waals surface area contributed by atoms with Crippen LogP contribution in [-0.4, -0.2) is 17.9 Å². The highest BCUT2D eigenvalue weighted by Crippen LogP contribution is 2.32. The lowest BCUT2D eigenvalue weighted by Crippen LogP contribution is -2.52. The molecule has 0 saturated carbocycles. The highest BCUT2D eigenvalue weighted by molar-refractivity contribution is 5.80. The molecule has 146 valence electrons. The third kappa shape index (κ3) is 6.79.